The van der Waals surface area contributed by atoms with E-state index >= 15 is 0 Å². The second-order valence-electron chi connectivity index (χ2n) is 5.05. The molecule has 7 heteroatoms. The van der Waals surface area contributed by atoms with Gasteiger partial charge in [-0.15, -0.1) is 0 Å². The van der Waals surface area contributed by atoms with Crippen molar-refractivity contribution in [3.8, 4) is 0 Å². The third-order valence-corrected chi connectivity index (χ3v) is 4.19. The first-order valence-corrected chi connectivity index (χ1v) is 7.80. The Morgan fingerprint density at radius 1 is 1.26 bits per heavy atom. The summed E-state index contributed by atoms with van der Waals surface area (Å²) in [6.07, 6.45) is 1.26. The number of halogens is 3. The number of oxime groups is 1. The Morgan fingerprint density at radius 2 is 2.04 bits per heavy atom. The lowest BCUT2D eigenvalue weighted by atomic mass is 9.98. The number of hydrogen-bond acceptors (Lipinski definition) is 4. The van der Waals surface area contributed by atoms with Gasteiger partial charge >= 0.3 is 5.97 Å². The number of rotatable bonds is 3. The highest BCUT2D eigenvalue weighted by atomic mass is 127. The van der Waals surface area contributed by atoms with E-state index in [1.165, 1.54) is 12.3 Å². The highest BCUT2D eigenvalue weighted by Crippen LogP contribution is 2.34. The summed E-state index contributed by atoms with van der Waals surface area (Å²) in [7, 11) is 0. The Bertz CT molecular complexity index is 824. The Balaban J connectivity index is 2.08. The third-order valence-electron chi connectivity index (χ3n) is 3.52. The molecule has 0 fully saturated rings. The SMILES string of the molecule is Cc1cc(I)ccc1Nc1c(C2C=NOC2=O)ccc(F)c1F. The molecule has 0 aliphatic carbocycles. The van der Waals surface area contributed by atoms with Crippen LogP contribution < -0.4 is 5.32 Å². The minimum absolute atomic E-state index is 0.0930. The van der Waals surface area contributed by atoms with E-state index in [9.17, 15) is 13.6 Å². The maximum absolute atomic E-state index is 14.3. The van der Waals surface area contributed by atoms with Crippen molar-refractivity contribution in [3.63, 3.8) is 0 Å². The van der Waals surface area contributed by atoms with E-state index in [4.69, 9.17) is 0 Å². The predicted molar refractivity (Wildman–Crippen MR) is 90.9 cm³/mol. The fraction of sp³-hybridized carbons (Fsp3) is 0.125. The standard InChI is InChI=1S/C16H11F2IN2O2/c1-8-6-9(19)2-5-13(8)21-15-10(3-4-12(17)14(15)18)11-7-20-23-16(11)22/h2-7,11,21H,1H3. The lowest BCUT2D eigenvalue weighted by molar-refractivity contribution is -0.141. The van der Waals surface area contributed by atoms with Crippen LogP contribution in [0.25, 0.3) is 0 Å². The molecule has 2 aromatic carbocycles. The molecule has 0 amide bonds. The number of carbonyl (C=O) groups excluding carboxylic acids is 1. The Labute approximate surface area is 144 Å². The fourth-order valence-corrected chi connectivity index (χ4v) is 2.97. The summed E-state index contributed by atoms with van der Waals surface area (Å²) in [6, 6.07) is 7.86. The number of nitrogens with zero attached hydrogens (tertiary/aromatic N) is 1. The predicted octanol–water partition coefficient (Wildman–Crippen LogP) is 4.25. The van der Waals surface area contributed by atoms with Gasteiger partial charge in [0.2, 0.25) is 0 Å². The molecule has 1 N–H and O–H groups in total. The molecular weight excluding hydrogens is 417 g/mol. The zero-order valence-electron chi connectivity index (χ0n) is 11.9. The van der Waals surface area contributed by atoms with E-state index in [-0.39, 0.29) is 11.3 Å². The zero-order chi connectivity index (χ0) is 16.6. The first-order valence-electron chi connectivity index (χ1n) is 6.73. The van der Waals surface area contributed by atoms with E-state index < -0.39 is 23.5 Å². The second-order valence-corrected chi connectivity index (χ2v) is 6.30. The van der Waals surface area contributed by atoms with Crippen LogP contribution in [0.5, 0.6) is 0 Å². The highest BCUT2D eigenvalue weighted by molar-refractivity contribution is 14.1. The molecule has 3 rings (SSSR count). The van der Waals surface area contributed by atoms with Crippen molar-refractivity contribution < 1.29 is 18.4 Å². The van der Waals surface area contributed by atoms with Gasteiger partial charge in [0.25, 0.3) is 0 Å². The topological polar surface area (TPSA) is 50.7 Å². The van der Waals surface area contributed by atoms with Gasteiger partial charge in [0.15, 0.2) is 11.6 Å². The molecule has 1 atom stereocenters. The molecule has 0 radical (unpaired) electrons. The largest absolute Gasteiger partial charge is 0.353 e. The average Bonchev–Trinajstić information content (AvgIpc) is 2.92. The quantitative estimate of drug-likeness (QED) is 0.588. The van der Waals surface area contributed by atoms with Gasteiger partial charge in [-0.2, -0.15) is 0 Å². The van der Waals surface area contributed by atoms with Crippen LogP contribution in [-0.4, -0.2) is 12.2 Å². The van der Waals surface area contributed by atoms with Crippen LogP contribution in [0.2, 0.25) is 0 Å². The molecule has 0 saturated carbocycles. The molecule has 0 saturated heterocycles. The van der Waals surface area contributed by atoms with Crippen molar-refractivity contribution in [2.75, 3.05) is 5.32 Å². The Morgan fingerprint density at radius 3 is 2.70 bits per heavy atom. The molecule has 118 valence electrons. The van der Waals surface area contributed by atoms with E-state index in [1.54, 1.807) is 6.07 Å². The average molecular weight is 428 g/mol. The van der Waals surface area contributed by atoms with Crippen molar-refractivity contribution in [1.29, 1.82) is 0 Å². The molecule has 4 nitrogen and oxygen atoms in total. The summed E-state index contributed by atoms with van der Waals surface area (Å²) in [5, 5.41) is 6.32. The summed E-state index contributed by atoms with van der Waals surface area (Å²) >= 11 is 2.16. The molecule has 1 aliphatic heterocycles. The molecular formula is C16H11F2IN2O2. The van der Waals surface area contributed by atoms with Crippen molar-refractivity contribution in [3.05, 3.63) is 56.7 Å². The van der Waals surface area contributed by atoms with Gasteiger partial charge in [-0.3, -0.25) is 0 Å². The number of aryl methyl sites for hydroxylation is 1. The van der Waals surface area contributed by atoms with Gasteiger partial charge in [0.1, 0.15) is 5.92 Å². The number of nitrogens with one attached hydrogen (secondary N) is 1. The van der Waals surface area contributed by atoms with Crippen molar-refractivity contribution in [2.24, 2.45) is 5.16 Å². The third kappa shape index (κ3) is 3.05. The molecule has 1 unspecified atom stereocenters. The van der Waals surface area contributed by atoms with Crippen LogP contribution in [-0.2, 0) is 9.63 Å². The molecule has 1 heterocycles. The highest BCUT2D eigenvalue weighted by Gasteiger charge is 2.30. The van der Waals surface area contributed by atoms with Gasteiger partial charge in [-0.25, -0.2) is 13.6 Å². The number of hydrogen-bond donors (Lipinski definition) is 1. The Kier molecular flexibility index (Phi) is 4.29. The maximum atomic E-state index is 14.3. The van der Waals surface area contributed by atoms with Gasteiger partial charge in [0, 0.05) is 9.26 Å². The number of benzene rings is 2. The molecule has 2 aromatic rings. The van der Waals surface area contributed by atoms with Gasteiger partial charge in [0.05, 0.1) is 11.9 Å². The van der Waals surface area contributed by atoms with E-state index in [1.807, 2.05) is 19.1 Å². The van der Waals surface area contributed by atoms with Gasteiger partial charge in [-0.1, -0.05) is 11.2 Å². The zero-order valence-corrected chi connectivity index (χ0v) is 14.1. The van der Waals surface area contributed by atoms with E-state index in [2.05, 4.69) is 37.9 Å². The Hall–Kier alpha value is -2.03. The molecule has 1 aliphatic rings. The van der Waals surface area contributed by atoms with Gasteiger partial charge in [-0.05, 0) is 64.9 Å². The van der Waals surface area contributed by atoms with E-state index in [0.717, 1.165) is 15.2 Å². The summed E-state index contributed by atoms with van der Waals surface area (Å²) < 4.78 is 29.0. The summed E-state index contributed by atoms with van der Waals surface area (Å²) in [5.41, 5.74) is 1.67. The van der Waals surface area contributed by atoms with Crippen LogP contribution >= 0.6 is 22.6 Å². The molecule has 0 bridgehead atoms. The van der Waals surface area contributed by atoms with Crippen LogP contribution in [0.1, 0.15) is 17.0 Å². The van der Waals surface area contributed by atoms with Gasteiger partial charge < -0.3 is 10.2 Å². The van der Waals surface area contributed by atoms with Crippen LogP contribution in [0.3, 0.4) is 0 Å². The molecule has 0 spiro atoms. The lowest BCUT2D eigenvalue weighted by Gasteiger charge is -2.16. The smallest absolute Gasteiger partial charge is 0.347 e. The minimum Gasteiger partial charge on any atom is -0.353 e. The van der Waals surface area contributed by atoms with Crippen LogP contribution in [0, 0.1) is 22.1 Å². The van der Waals surface area contributed by atoms with Crippen LogP contribution in [0.4, 0.5) is 20.2 Å². The lowest BCUT2D eigenvalue weighted by Crippen LogP contribution is -2.13. The molecule has 0 aromatic heterocycles. The summed E-state index contributed by atoms with van der Waals surface area (Å²) in [6.45, 7) is 1.85. The second kappa shape index (κ2) is 6.23. The summed E-state index contributed by atoms with van der Waals surface area (Å²) in [4.78, 5) is 16.2. The first-order chi connectivity index (χ1) is 11.0. The fourth-order valence-electron chi connectivity index (χ4n) is 2.32. The molecule has 23 heavy (non-hydrogen) atoms. The van der Waals surface area contributed by atoms with Crippen molar-refractivity contribution >= 4 is 46.1 Å². The van der Waals surface area contributed by atoms with E-state index in [0.29, 0.717) is 5.69 Å². The van der Waals surface area contributed by atoms with Crippen molar-refractivity contribution in [1.82, 2.24) is 0 Å². The number of anilines is 2. The number of carbonyl (C=O) groups is 1. The van der Waals surface area contributed by atoms with Crippen LogP contribution in [0.15, 0.2) is 35.5 Å². The minimum atomic E-state index is -1.05. The van der Waals surface area contributed by atoms with Crippen molar-refractivity contribution in [2.45, 2.75) is 12.8 Å². The monoisotopic (exact) mass is 428 g/mol. The maximum Gasteiger partial charge on any atom is 0.347 e. The normalized spacial score (nSPS) is 16.5. The first kappa shape index (κ1) is 15.9. The summed E-state index contributed by atoms with van der Waals surface area (Å²) in [5.74, 6) is -3.54.